The Kier molecular flexibility index (Phi) is 17.7. The molecule has 0 fully saturated rings. The van der Waals surface area contributed by atoms with Crippen LogP contribution in [-0.2, 0) is 10.0 Å². The van der Waals surface area contributed by atoms with E-state index in [9.17, 15) is 18.6 Å². The van der Waals surface area contributed by atoms with Gasteiger partial charge >= 0.3 is 0 Å². The molecule has 0 aliphatic carbocycles. The number of nitrogens with one attached hydrogen (secondary N) is 1. The number of unbranched alkanes of at least 4 members (excludes halogenated alkanes) is 13. The fourth-order valence-electron chi connectivity index (χ4n) is 3.91. The van der Waals surface area contributed by atoms with Crippen molar-refractivity contribution in [2.75, 3.05) is 12.4 Å². The van der Waals surface area contributed by atoms with Crippen LogP contribution in [0, 0.1) is 0 Å². The zero-order valence-electron chi connectivity index (χ0n) is 20.9. The largest absolute Gasteiger partial charge is 0.395 e. The molecular formula is C27H46ClNO4S. The number of aliphatic hydroxyl groups excluding tert-OH is 2. The minimum atomic E-state index is -3.56. The minimum Gasteiger partial charge on any atom is -0.395 e. The van der Waals surface area contributed by atoms with Crippen LogP contribution in [0.25, 0.3) is 6.08 Å². The Bertz CT molecular complexity index is 752. The summed E-state index contributed by atoms with van der Waals surface area (Å²) in [6.45, 7) is 1.77. The summed E-state index contributed by atoms with van der Waals surface area (Å²) in [4.78, 5) is 0. The highest BCUT2D eigenvalue weighted by Crippen LogP contribution is 2.14. The highest BCUT2D eigenvalue weighted by Gasteiger charge is 2.22. The number of hydrogen-bond acceptors (Lipinski definition) is 4. The normalized spacial score (nSPS) is 14.0. The molecule has 0 bridgehead atoms. The molecule has 1 aromatic carbocycles. The SMILES string of the molecule is CCCCCCCCCCCCCCCCS(=O)(=O)N[C@@H](CO)[C@H](O)/C=C/c1ccc(Cl)cc1. The van der Waals surface area contributed by atoms with E-state index in [1.54, 1.807) is 30.3 Å². The van der Waals surface area contributed by atoms with Gasteiger partial charge in [-0.2, -0.15) is 0 Å². The molecule has 0 amide bonds. The van der Waals surface area contributed by atoms with Gasteiger partial charge in [0.05, 0.1) is 24.5 Å². The van der Waals surface area contributed by atoms with Gasteiger partial charge in [0.1, 0.15) is 0 Å². The van der Waals surface area contributed by atoms with E-state index in [0.29, 0.717) is 11.4 Å². The van der Waals surface area contributed by atoms with Crippen LogP contribution < -0.4 is 4.72 Å². The summed E-state index contributed by atoms with van der Waals surface area (Å²) in [6, 6.07) is 6.07. The third kappa shape index (κ3) is 15.9. The van der Waals surface area contributed by atoms with Crippen molar-refractivity contribution in [2.24, 2.45) is 0 Å². The van der Waals surface area contributed by atoms with Crippen LogP contribution in [-0.4, -0.2) is 43.1 Å². The predicted molar refractivity (Wildman–Crippen MR) is 145 cm³/mol. The number of sulfonamides is 1. The summed E-state index contributed by atoms with van der Waals surface area (Å²) in [5, 5.41) is 20.4. The van der Waals surface area contributed by atoms with Gasteiger partial charge in [0.15, 0.2) is 0 Å². The Morgan fingerprint density at radius 2 is 1.32 bits per heavy atom. The fraction of sp³-hybridized carbons (Fsp3) is 0.704. The van der Waals surface area contributed by atoms with E-state index in [-0.39, 0.29) is 5.75 Å². The zero-order chi connectivity index (χ0) is 25.1. The van der Waals surface area contributed by atoms with E-state index in [2.05, 4.69) is 11.6 Å². The molecule has 0 saturated heterocycles. The fourth-order valence-corrected chi connectivity index (χ4v) is 5.41. The molecule has 34 heavy (non-hydrogen) atoms. The van der Waals surface area contributed by atoms with Crippen molar-refractivity contribution in [3.05, 3.63) is 40.9 Å². The van der Waals surface area contributed by atoms with Crippen molar-refractivity contribution in [1.82, 2.24) is 4.72 Å². The Morgan fingerprint density at radius 1 is 0.853 bits per heavy atom. The molecule has 0 aliphatic rings. The lowest BCUT2D eigenvalue weighted by Crippen LogP contribution is -2.45. The quantitative estimate of drug-likeness (QED) is 0.164. The van der Waals surface area contributed by atoms with Gasteiger partial charge in [-0.1, -0.05) is 126 Å². The second kappa shape index (κ2) is 19.3. The molecule has 1 rings (SSSR count). The Balaban J connectivity index is 2.14. The molecule has 0 radical (unpaired) electrons. The molecule has 0 heterocycles. The lowest BCUT2D eigenvalue weighted by atomic mass is 10.0. The van der Waals surface area contributed by atoms with Crippen molar-refractivity contribution in [3.8, 4) is 0 Å². The topological polar surface area (TPSA) is 86.6 Å². The predicted octanol–water partition coefficient (Wildman–Crippen LogP) is 6.48. The maximum atomic E-state index is 12.4. The van der Waals surface area contributed by atoms with Crippen LogP contribution in [0.3, 0.4) is 0 Å². The molecular weight excluding hydrogens is 470 g/mol. The van der Waals surface area contributed by atoms with E-state index in [0.717, 1.165) is 24.8 Å². The lowest BCUT2D eigenvalue weighted by Gasteiger charge is -2.19. The lowest BCUT2D eigenvalue weighted by molar-refractivity contribution is 0.136. The first-order valence-electron chi connectivity index (χ1n) is 13.1. The van der Waals surface area contributed by atoms with E-state index in [1.807, 2.05) is 0 Å². The van der Waals surface area contributed by atoms with Gasteiger partial charge in [0.2, 0.25) is 10.0 Å². The average molecular weight is 516 g/mol. The smallest absolute Gasteiger partial charge is 0.212 e. The molecule has 0 unspecified atom stereocenters. The highest BCUT2D eigenvalue weighted by atomic mass is 35.5. The van der Waals surface area contributed by atoms with Gasteiger partial charge in [-0.15, -0.1) is 0 Å². The van der Waals surface area contributed by atoms with Crippen LogP contribution in [0.15, 0.2) is 30.3 Å². The second-order valence-corrected chi connectivity index (χ2v) is 11.5. The highest BCUT2D eigenvalue weighted by molar-refractivity contribution is 7.89. The van der Waals surface area contributed by atoms with Gasteiger partial charge in [0, 0.05) is 5.02 Å². The van der Waals surface area contributed by atoms with Gasteiger partial charge in [0.25, 0.3) is 0 Å². The van der Waals surface area contributed by atoms with Crippen molar-refractivity contribution < 1.29 is 18.6 Å². The summed E-state index contributed by atoms with van der Waals surface area (Å²) in [7, 11) is -3.56. The van der Waals surface area contributed by atoms with Crippen LogP contribution in [0.1, 0.15) is 102 Å². The number of rotatable bonds is 21. The molecule has 2 atom stereocenters. The van der Waals surface area contributed by atoms with E-state index in [1.165, 1.54) is 70.3 Å². The maximum absolute atomic E-state index is 12.4. The Hall–Kier alpha value is -0.920. The second-order valence-electron chi connectivity index (χ2n) is 9.22. The molecule has 196 valence electrons. The van der Waals surface area contributed by atoms with Crippen molar-refractivity contribution in [3.63, 3.8) is 0 Å². The van der Waals surface area contributed by atoms with Gasteiger partial charge in [-0.3, -0.25) is 0 Å². The Labute approximate surface area is 213 Å². The first-order valence-corrected chi connectivity index (χ1v) is 15.1. The van der Waals surface area contributed by atoms with Crippen LogP contribution in [0.4, 0.5) is 0 Å². The van der Waals surface area contributed by atoms with E-state index < -0.39 is 28.8 Å². The van der Waals surface area contributed by atoms with Gasteiger partial charge in [-0.05, 0) is 24.1 Å². The minimum absolute atomic E-state index is 0.00908. The number of hydrogen-bond donors (Lipinski definition) is 3. The third-order valence-electron chi connectivity index (χ3n) is 6.06. The molecule has 3 N–H and O–H groups in total. The number of aliphatic hydroxyl groups is 2. The molecule has 0 saturated carbocycles. The first-order chi connectivity index (χ1) is 16.4. The summed E-state index contributed by atoms with van der Waals surface area (Å²) >= 11 is 5.85. The monoisotopic (exact) mass is 515 g/mol. The molecule has 7 heteroatoms. The molecule has 0 aromatic heterocycles. The summed E-state index contributed by atoms with van der Waals surface area (Å²) in [5.74, 6) is 0.00908. The zero-order valence-corrected chi connectivity index (χ0v) is 22.5. The van der Waals surface area contributed by atoms with Crippen LogP contribution in [0.5, 0.6) is 0 Å². The van der Waals surface area contributed by atoms with Crippen molar-refractivity contribution in [1.29, 1.82) is 0 Å². The molecule has 1 aromatic rings. The molecule has 0 spiro atoms. The summed E-state index contributed by atoms with van der Waals surface area (Å²) < 4.78 is 27.2. The summed E-state index contributed by atoms with van der Waals surface area (Å²) in [5.41, 5.74) is 0.824. The maximum Gasteiger partial charge on any atom is 0.212 e. The van der Waals surface area contributed by atoms with Crippen molar-refractivity contribution >= 4 is 27.7 Å². The molecule has 0 aliphatic heterocycles. The Morgan fingerprint density at radius 3 is 1.79 bits per heavy atom. The standard InChI is InChI=1S/C27H46ClNO4S/c1-2-3-4-5-6-7-8-9-10-11-12-13-14-15-22-34(32,33)29-26(23-30)27(31)21-18-24-16-19-25(28)20-17-24/h16-21,26-27,29-31H,2-15,22-23H2,1H3/b21-18+/t26-,27+/m0/s1. The number of benzene rings is 1. The van der Waals surface area contributed by atoms with E-state index in [4.69, 9.17) is 11.6 Å². The molecule has 5 nitrogen and oxygen atoms in total. The first kappa shape index (κ1) is 31.1. The third-order valence-corrected chi connectivity index (χ3v) is 7.80. The van der Waals surface area contributed by atoms with Crippen molar-refractivity contribution in [2.45, 2.75) is 109 Å². The van der Waals surface area contributed by atoms with Crippen LogP contribution in [0.2, 0.25) is 5.02 Å². The van der Waals surface area contributed by atoms with Gasteiger partial charge in [-0.25, -0.2) is 13.1 Å². The van der Waals surface area contributed by atoms with E-state index >= 15 is 0 Å². The van der Waals surface area contributed by atoms with Gasteiger partial charge < -0.3 is 10.2 Å². The summed E-state index contributed by atoms with van der Waals surface area (Å²) in [6.07, 6.45) is 19.0. The van der Waals surface area contributed by atoms with Crippen LogP contribution >= 0.6 is 11.6 Å². The average Bonchev–Trinajstić information content (AvgIpc) is 2.82. The number of halogens is 1.